The molecule has 0 radical (unpaired) electrons. The smallest absolute Gasteiger partial charge is 0.253 e. The van der Waals surface area contributed by atoms with Gasteiger partial charge in [0, 0.05) is 56.6 Å². The van der Waals surface area contributed by atoms with Gasteiger partial charge in [0.05, 0.1) is 12.3 Å². The molecule has 2 aliphatic rings. The Balaban J connectivity index is 1.40. The molecule has 0 aliphatic carbocycles. The molecule has 4 rings (SSSR count). The molecule has 2 saturated heterocycles. The first-order valence-electron chi connectivity index (χ1n) is 8.43. The zero-order valence-electron chi connectivity index (χ0n) is 13.6. The van der Waals surface area contributed by atoms with E-state index < -0.39 is 0 Å². The van der Waals surface area contributed by atoms with Crippen molar-refractivity contribution in [2.45, 2.75) is 12.6 Å². The average Bonchev–Trinajstić information content (AvgIpc) is 3.04. The van der Waals surface area contributed by atoms with Crippen LogP contribution in [0.2, 0.25) is 0 Å². The van der Waals surface area contributed by atoms with Crippen molar-refractivity contribution in [1.82, 2.24) is 19.2 Å². The summed E-state index contributed by atoms with van der Waals surface area (Å²) in [6, 6.07) is 5.99. The van der Waals surface area contributed by atoms with Crippen LogP contribution in [0.1, 0.15) is 5.69 Å². The van der Waals surface area contributed by atoms with E-state index in [9.17, 15) is 4.79 Å². The average molecular weight is 346 g/mol. The van der Waals surface area contributed by atoms with Gasteiger partial charge in [-0.3, -0.25) is 9.69 Å². The molecule has 0 bridgehead atoms. The number of carbonyl (C=O) groups is 1. The van der Waals surface area contributed by atoms with Gasteiger partial charge in [0.2, 0.25) is 0 Å². The zero-order chi connectivity index (χ0) is 16.4. The number of carbonyl (C=O) groups excluding carboxylic acids is 1. The van der Waals surface area contributed by atoms with Crippen LogP contribution in [0.3, 0.4) is 0 Å². The van der Waals surface area contributed by atoms with Crippen molar-refractivity contribution < 1.29 is 9.53 Å². The highest BCUT2D eigenvalue weighted by Crippen LogP contribution is 2.16. The first kappa shape index (κ1) is 15.9. The first-order chi connectivity index (χ1) is 11.8. The maximum Gasteiger partial charge on any atom is 0.253 e. The molecular weight excluding hydrogens is 324 g/mol. The maximum atomic E-state index is 12.6. The molecule has 0 saturated carbocycles. The Morgan fingerprint density at radius 2 is 2.17 bits per heavy atom. The summed E-state index contributed by atoms with van der Waals surface area (Å²) in [6.45, 7) is 4.53. The molecule has 1 amide bonds. The first-order valence-corrected chi connectivity index (χ1v) is 9.58. The second-order valence-electron chi connectivity index (χ2n) is 6.23. The molecule has 0 aromatic carbocycles. The number of imidazole rings is 1. The summed E-state index contributed by atoms with van der Waals surface area (Å²) in [5, 5.41) is 0. The van der Waals surface area contributed by atoms with E-state index in [2.05, 4.69) is 16.1 Å². The van der Waals surface area contributed by atoms with Gasteiger partial charge in [-0.05, 0) is 12.1 Å². The number of ether oxygens (including phenoxy) is 1. The number of aromatic nitrogens is 2. The van der Waals surface area contributed by atoms with Crippen LogP contribution >= 0.6 is 11.8 Å². The SMILES string of the molecule is O=C(C1CN(Cc2cn3ccccc3n2)CCO1)N1CCSCC1. The van der Waals surface area contributed by atoms with Gasteiger partial charge in [-0.25, -0.2) is 4.98 Å². The van der Waals surface area contributed by atoms with Crippen molar-refractivity contribution in [3.63, 3.8) is 0 Å². The molecular formula is C17H22N4O2S. The molecule has 24 heavy (non-hydrogen) atoms. The van der Waals surface area contributed by atoms with Crippen molar-refractivity contribution >= 4 is 23.3 Å². The van der Waals surface area contributed by atoms with Crippen LogP contribution in [0.4, 0.5) is 0 Å². The Hall–Kier alpha value is -1.57. The molecule has 2 aliphatic heterocycles. The topological polar surface area (TPSA) is 50.1 Å². The Morgan fingerprint density at radius 3 is 3.00 bits per heavy atom. The largest absolute Gasteiger partial charge is 0.366 e. The lowest BCUT2D eigenvalue weighted by Gasteiger charge is -2.35. The number of rotatable bonds is 3. The van der Waals surface area contributed by atoms with Crippen LogP contribution in [0, 0.1) is 0 Å². The third-order valence-electron chi connectivity index (χ3n) is 4.55. The van der Waals surface area contributed by atoms with Crippen LogP contribution in [0.5, 0.6) is 0 Å². The molecule has 0 spiro atoms. The molecule has 4 heterocycles. The second kappa shape index (κ2) is 7.13. The van der Waals surface area contributed by atoms with Gasteiger partial charge in [0.1, 0.15) is 11.8 Å². The summed E-state index contributed by atoms with van der Waals surface area (Å²) in [7, 11) is 0. The van der Waals surface area contributed by atoms with Crippen molar-refractivity contribution in [3.05, 3.63) is 36.3 Å². The maximum absolute atomic E-state index is 12.6. The van der Waals surface area contributed by atoms with Crippen LogP contribution in [0.25, 0.3) is 5.65 Å². The van der Waals surface area contributed by atoms with Crippen LogP contribution in [0.15, 0.2) is 30.6 Å². The van der Waals surface area contributed by atoms with Gasteiger partial charge >= 0.3 is 0 Å². The molecule has 2 aromatic heterocycles. The van der Waals surface area contributed by atoms with E-state index in [4.69, 9.17) is 4.74 Å². The Morgan fingerprint density at radius 1 is 1.29 bits per heavy atom. The third kappa shape index (κ3) is 3.43. The van der Waals surface area contributed by atoms with E-state index in [1.807, 2.05) is 45.5 Å². The summed E-state index contributed by atoms with van der Waals surface area (Å²) in [6.07, 6.45) is 3.73. The minimum Gasteiger partial charge on any atom is -0.366 e. The molecule has 2 aromatic rings. The number of nitrogens with zero attached hydrogens (tertiary/aromatic N) is 4. The monoisotopic (exact) mass is 346 g/mol. The van der Waals surface area contributed by atoms with E-state index in [0.29, 0.717) is 13.2 Å². The highest BCUT2D eigenvalue weighted by atomic mass is 32.2. The summed E-state index contributed by atoms with van der Waals surface area (Å²) in [5.74, 6) is 2.21. The van der Waals surface area contributed by atoms with Crippen LogP contribution < -0.4 is 0 Å². The van der Waals surface area contributed by atoms with E-state index in [0.717, 1.165) is 49.0 Å². The van der Waals surface area contributed by atoms with Gasteiger partial charge in [-0.15, -0.1) is 0 Å². The second-order valence-corrected chi connectivity index (χ2v) is 7.46. The summed E-state index contributed by atoms with van der Waals surface area (Å²) in [4.78, 5) is 21.5. The van der Waals surface area contributed by atoms with Gasteiger partial charge in [0.25, 0.3) is 5.91 Å². The number of morpholine rings is 1. The Kier molecular flexibility index (Phi) is 4.73. The number of pyridine rings is 1. The number of fused-ring (bicyclic) bond motifs is 1. The van der Waals surface area contributed by atoms with Crippen molar-refractivity contribution in [2.24, 2.45) is 0 Å². The lowest BCUT2D eigenvalue weighted by Crippen LogP contribution is -2.52. The van der Waals surface area contributed by atoms with Gasteiger partial charge in [-0.1, -0.05) is 6.07 Å². The molecule has 6 nitrogen and oxygen atoms in total. The molecule has 2 fully saturated rings. The molecule has 7 heteroatoms. The van der Waals surface area contributed by atoms with E-state index in [1.165, 1.54) is 0 Å². The van der Waals surface area contributed by atoms with Gasteiger partial charge < -0.3 is 14.0 Å². The highest BCUT2D eigenvalue weighted by molar-refractivity contribution is 7.99. The molecule has 128 valence electrons. The van der Waals surface area contributed by atoms with Crippen molar-refractivity contribution in [1.29, 1.82) is 0 Å². The van der Waals surface area contributed by atoms with E-state index in [-0.39, 0.29) is 12.0 Å². The number of thioether (sulfide) groups is 1. The van der Waals surface area contributed by atoms with Gasteiger partial charge in [-0.2, -0.15) is 11.8 Å². The number of hydrogen-bond donors (Lipinski definition) is 0. The normalized spacial score (nSPS) is 22.8. The fraction of sp³-hybridized carbons (Fsp3) is 0.529. The summed E-state index contributed by atoms with van der Waals surface area (Å²) >= 11 is 1.91. The quantitative estimate of drug-likeness (QED) is 0.833. The highest BCUT2D eigenvalue weighted by Gasteiger charge is 2.31. The van der Waals surface area contributed by atoms with Crippen LogP contribution in [-0.2, 0) is 16.1 Å². The number of amides is 1. The standard InChI is InChI=1S/C17H22N4O2S/c22-17(20-6-9-24-10-7-20)15-13-19(5-8-23-15)11-14-12-21-4-2-1-3-16(21)18-14/h1-4,12,15H,5-11,13H2. The minimum atomic E-state index is -0.334. The number of hydrogen-bond acceptors (Lipinski definition) is 5. The zero-order valence-corrected chi connectivity index (χ0v) is 14.5. The van der Waals surface area contributed by atoms with Gasteiger partial charge in [0.15, 0.2) is 0 Å². The van der Waals surface area contributed by atoms with Crippen LogP contribution in [-0.4, -0.2) is 75.5 Å². The summed E-state index contributed by atoms with van der Waals surface area (Å²) in [5.41, 5.74) is 1.99. The fourth-order valence-electron chi connectivity index (χ4n) is 3.28. The minimum absolute atomic E-state index is 0.148. The fourth-order valence-corrected chi connectivity index (χ4v) is 4.18. The summed E-state index contributed by atoms with van der Waals surface area (Å²) < 4.78 is 7.79. The Labute approximate surface area is 145 Å². The lowest BCUT2D eigenvalue weighted by atomic mass is 10.2. The Bertz CT molecular complexity index is 680. The lowest BCUT2D eigenvalue weighted by molar-refractivity contribution is -0.149. The molecule has 0 N–H and O–H groups in total. The predicted octanol–water partition coefficient (Wildman–Crippen LogP) is 1.11. The molecule has 1 unspecified atom stereocenters. The van der Waals surface area contributed by atoms with E-state index in [1.54, 1.807) is 0 Å². The van der Waals surface area contributed by atoms with Crippen molar-refractivity contribution in [3.8, 4) is 0 Å². The van der Waals surface area contributed by atoms with E-state index >= 15 is 0 Å². The predicted molar refractivity (Wildman–Crippen MR) is 94.1 cm³/mol. The van der Waals surface area contributed by atoms with Crippen molar-refractivity contribution in [2.75, 3.05) is 44.3 Å². The molecule has 1 atom stereocenters. The third-order valence-corrected chi connectivity index (χ3v) is 5.49.